The Balaban J connectivity index is 1.30. The van der Waals surface area contributed by atoms with Crippen LogP contribution in [0, 0.1) is 0 Å². The number of hydrogen-bond donors (Lipinski definition) is 2. The fraction of sp³-hybridized carbons (Fsp3) is 0.172. The molecular weight excluding hydrogens is 528 g/mol. The lowest BCUT2D eigenvalue weighted by atomic mass is 10.1. The predicted octanol–water partition coefficient (Wildman–Crippen LogP) is 6.19. The molecule has 5 rings (SSSR count). The first-order valence-corrected chi connectivity index (χ1v) is 14.1. The molecule has 0 aliphatic carbocycles. The number of rotatable bonds is 11. The molecule has 0 atom stereocenters. The maximum Gasteiger partial charge on any atom is 0.229 e. The summed E-state index contributed by atoms with van der Waals surface area (Å²) in [5.41, 5.74) is 5.83. The van der Waals surface area contributed by atoms with Crippen LogP contribution in [0.4, 0.5) is 17.3 Å². The summed E-state index contributed by atoms with van der Waals surface area (Å²) in [6.45, 7) is 1.44. The van der Waals surface area contributed by atoms with Crippen LogP contribution < -0.4 is 15.4 Å². The van der Waals surface area contributed by atoms with Crippen molar-refractivity contribution in [1.29, 1.82) is 0 Å². The van der Waals surface area contributed by atoms with Crippen LogP contribution in [-0.4, -0.2) is 53.0 Å². The van der Waals surface area contributed by atoms with Crippen LogP contribution in [0.5, 0.6) is 5.75 Å². The molecule has 0 saturated carbocycles. The Morgan fingerprint density at radius 3 is 2.69 bits per heavy atom. The molecule has 3 aromatic heterocycles. The van der Waals surface area contributed by atoms with Gasteiger partial charge in [0.05, 0.1) is 28.2 Å². The van der Waals surface area contributed by atoms with E-state index in [0.29, 0.717) is 19.0 Å². The van der Waals surface area contributed by atoms with Crippen molar-refractivity contribution in [3.05, 3.63) is 88.7 Å². The molecule has 5 aromatic rings. The van der Waals surface area contributed by atoms with Crippen LogP contribution in [0.1, 0.15) is 4.88 Å². The summed E-state index contributed by atoms with van der Waals surface area (Å²) in [7, 11) is 4.03. The van der Waals surface area contributed by atoms with Gasteiger partial charge >= 0.3 is 0 Å². The van der Waals surface area contributed by atoms with E-state index in [9.17, 15) is 4.79 Å². The predicted molar refractivity (Wildman–Crippen MR) is 159 cm³/mol. The third kappa shape index (κ3) is 7.26. The molecule has 0 saturated heterocycles. The molecular formula is C29H28N6O2S2. The number of carbonyl (C=O) groups is 1. The second-order valence-corrected chi connectivity index (χ2v) is 10.9. The van der Waals surface area contributed by atoms with E-state index < -0.39 is 0 Å². The zero-order valence-corrected chi connectivity index (χ0v) is 23.3. The highest BCUT2D eigenvalue weighted by Gasteiger charge is 2.15. The van der Waals surface area contributed by atoms with Gasteiger partial charge in [0.15, 0.2) is 0 Å². The van der Waals surface area contributed by atoms with Gasteiger partial charge in [-0.1, -0.05) is 24.3 Å². The van der Waals surface area contributed by atoms with Crippen molar-refractivity contribution in [2.75, 3.05) is 37.9 Å². The molecule has 0 unspecified atom stereocenters. The van der Waals surface area contributed by atoms with E-state index in [1.54, 1.807) is 23.0 Å². The third-order valence-electron chi connectivity index (χ3n) is 5.69. The van der Waals surface area contributed by atoms with Crippen molar-refractivity contribution < 1.29 is 9.53 Å². The highest BCUT2D eigenvalue weighted by atomic mass is 32.1. The Morgan fingerprint density at radius 1 is 0.974 bits per heavy atom. The zero-order valence-electron chi connectivity index (χ0n) is 21.6. The number of ether oxygens (including phenoxy) is 1. The Kier molecular flexibility index (Phi) is 8.57. The molecule has 0 bridgehead atoms. The minimum atomic E-state index is -0.0493. The molecule has 198 valence electrons. The second kappa shape index (κ2) is 12.6. The van der Waals surface area contributed by atoms with E-state index in [1.807, 2.05) is 86.2 Å². The number of thiophene rings is 1. The number of benzene rings is 2. The molecule has 39 heavy (non-hydrogen) atoms. The summed E-state index contributed by atoms with van der Waals surface area (Å²) >= 11 is 3.08. The first-order valence-electron chi connectivity index (χ1n) is 12.4. The van der Waals surface area contributed by atoms with Gasteiger partial charge in [0.25, 0.3) is 0 Å². The first kappa shape index (κ1) is 26.5. The summed E-state index contributed by atoms with van der Waals surface area (Å²) in [5.74, 6) is 1.21. The average Bonchev–Trinajstić information content (AvgIpc) is 3.62. The molecule has 2 aromatic carbocycles. The van der Waals surface area contributed by atoms with Crippen LogP contribution in [0.3, 0.4) is 0 Å². The molecule has 0 spiro atoms. The van der Waals surface area contributed by atoms with E-state index in [4.69, 9.17) is 9.72 Å². The molecule has 3 heterocycles. The Labute approximate surface area is 235 Å². The lowest BCUT2D eigenvalue weighted by Gasteiger charge is -2.12. The summed E-state index contributed by atoms with van der Waals surface area (Å²) < 4.78 is 5.85. The highest BCUT2D eigenvalue weighted by Crippen LogP contribution is 2.35. The Morgan fingerprint density at radius 2 is 1.85 bits per heavy atom. The third-order valence-corrected chi connectivity index (χ3v) is 7.41. The molecule has 10 heteroatoms. The summed E-state index contributed by atoms with van der Waals surface area (Å²) in [5, 5.41) is 8.25. The number of hydrogen-bond acceptors (Lipinski definition) is 9. The number of amides is 1. The lowest BCUT2D eigenvalue weighted by molar-refractivity contribution is -0.115. The molecule has 1 amide bonds. The number of nitrogens with zero attached hydrogens (tertiary/aromatic N) is 4. The van der Waals surface area contributed by atoms with Gasteiger partial charge < -0.3 is 20.3 Å². The molecule has 0 aliphatic heterocycles. The van der Waals surface area contributed by atoms with Gasteiger partial charge in [0, 0.05) is 40.6 Å². The smallest absolute Gasteiger partial charge is 0.229 e. The molecule has 8 nitrogen and oxygen atoms in total. The largest absolute Gasteiger partial charge is 0.492 e. The minimum Gasteiger partial charge on any atom is -0.492 e. The van der Waals surface area contributed by atoms with Crippen molar-refractivity contribution in [2.45, 2.75) is 6.42 Å². The highest BCUT2D eigenvalue weighted by molar-refractivity contribution is 7.13. The van der Waals surface area contributed by atoms with Crippen LogP contribution in [0.2, 0.25) is 0 Å². The standard InChI is InChI=1S/C29H28N6O2S2/c1-35(2)13-14-37-23-9-4-8-22(17-23)33-29-30-12-11-25(34-29)28-27(31-19-39-28)20-6-3-7-21(16-20)32-26(36)18-24-10-5-15-38-24/h3-12,15-17,19H,13-14,18H2,1-2H3,(H,32,36)(H,30,33,34). The lowest BCUT2D eigenvalue weighted by Crippen LogP contribution is -2.19. The van der Waals surface area contributed by atoms with Crippen molar-refractivity contribution >= 4 is 45.9 Å². The quantitative estimate of drug-likeness (QED) is 0.200. The van der Waals surface area contributed by atoms with Crippen molar-refractivity contribution in [3.8, 4) is 27.6 Å². The molecule has 0 fully saturated rings. The van der Waals surface area contributed by atoms with Crippen molar-refractivity contribution in [2.24, 2.45) is 0 Å². The maximum absolute atomic E-state index is 12.5. The fourth-order valence-electron chi connectivity index (χ4n) is 3.84. The zero-order chi connectivity index (χ0) is 27.0. The first-order chi connectivity index (χ1) is 19.0. The maximum atomic E-state index is 12.5. The van der Waals surface area contributed by atoms with Gasteiger partial charge in [-0.15, -0.1) is 22.7 Å². The van der Waals surface area contributed by atoms with E-state index in [0.717, 1.165) is 50.4 Å². The SMILES string of the molecule is CN(C)CCOc1cccc(Nc2nccc(-c3scnc3-c3cccc(NC(=O)Cc4cccs4)c3)n2)c1. The number of nitrogens with one attached hydrogen (secondary N) is 2. The monoisotopic (exact) mass is 556 g/mol. The van der Waals surface area contributed by atoms with Gasteiger partial charge in [-0.25, -0.2) is 15.0 Å². The van der Waals surface area contributed by atoms with E-state index in [2.05, 4.69) is 25.5 Å². The van der Waals surface area contributed by atoms with Gasteiger partial charge in [0.2, 0.25) is 11.9 Å². The number of anilines is 3. The Bertz CT molecular complexity index is 1530. The summed E-state index contributed by atoms with van der Waals surface area (Å²) in [4.78, 5) is 30.3. The van der Waals surface area contributed by atoms with Gasteiger partial charge in [-0.3, -0.25) is 4.79 Å². The Hall–Kier alpha value is -4.12. The van der Waals surface area contributed by atoms with E-state index in [-0.39, 0.29) is 5.91 Å². The number of thiazole rings is 1. The van der Waals surface area contributed by atoms with Crippen LogP contribution in [0.15, 0.2) is 83.8 Å². The molecule has 0 radical (unpaired) electrons. The summed E-state index contributed by atoms with van der Waals surface area (Å²) in [6.07, 6.45) is 2.08. The van der Waals surface area contributed by atoms with Crippen molar-refractivity contribution in [1.82, 2.24) is 19.9 Å². The second-order valence-electron chi connectivity index (χ2n) is 8.99. The van der Waals surface area contributed by atoms with Crippen LogP contribution in [0.25, 0.3) is 21.8 Å². The minimum absolute atomic E-state index is 0.0493. The van der Waals surface area contributed by atoms with E-state index in [1.165, 1.54) is 11.3 Å². The fourth-order valence-corrected chi connectivity index (χ4v) is 5.32. The summed E-state index contributed by atoms with van der Waals surface area (Å²) in [6, 6.07) is 21.2. The number of likely N-dealkylation sites (N-methyl/N-ethyl adjacent to an activating group) is 1. The van der Waals surface area contributed by atoms with Crippen molar-refractivity contribution in [3.63, 3.8) is 0 Å². The topological polar surface area (TPSA) is 92.3 Å². The van der Waals surface area contributed by atoms with Crippen LogP contribution >= 0.6 is 22.7 Å². The average molecular weight is 557 g/mol. The number of aromatic nitrogens is 3. The van der Waals surface area contributed by atoms with Gasteiger partial charge in [0.1, 0.15) is 12.4 Å². The van der Waals surface area contributed by atoms with Gasteiger partial charge in [-0.05, 0) is 55.9 Å². The van der Waals surface area contributed by atoms with Gasteiger partial charge in [-0.2, -0.15) is 0 Å². The molecule has 2 N–H and O–H groups in total. The van der Waals surface area contributed by atoms with Crippen LogP contribution in [-0.2, 0) is 11.2 Å². The molecule has 0 aliphatic rings. The van der Waals surface area contributed by atoms with E-state index >= 15 is 0 Å². The number of carbonyl (C=O) groups excluding carboxylic acids is 1. The normalized spacial score (nSPS) is 10.9.